The quantitative estimate of drug-likeness (QED) is 0.530. The molecule has 196 valence electrons. The minimum atomic E-state index is -4.47. The van der Waals surface area contributed by atoms with E-state index in [0.717, 1.165) is 12.1 Å². The molecular formula is C26H31F3N2O5. The molecule has 1 fully saturated rings. The number of morpholine rings is 1. The lowest BCUT2D eigenvalue weighted by molar-refractivity contribution is -0.137. The van der Waals surface area contributed by atoms with Gasteiger partial charge in [0, 0.05) is 37.3 Å². The van der Waals surface area contributed by atoms with Crippen molar-refractivity contribution < 1.29 is 37.0 Å². The van der Waals surface area contributed by atoms with Gasteiger partial charge in [-0.05, 0) is 48.4 Å². The second-order valence-corrected chi connectivity index (χ2v) is 8.99. The standard InChI is InChI=1S/C26H31F3N2O5/c1-17(2)14-31(24(32)18-5-8-20(9-6-18)26(27,28)29)16-21-15-30(11-12-36-21)25(33)19-7-10-22(34-3)23(13-19)35-4/h5-10,13,17,21H,11-12,14-16H2,1-4H3. The van der Waals surface area contributed by atoms with Crippen molar-refractivity contribution in [3.8, 4) is 11.5 Å². The molecule has 10 heteroatoms. The molecule has 0 N–H and O–H groups in total. The molecule has 7 nitrogen and oxygen atoms in total. The van der Waals surface area contributed by atoms with Crippen molar-refractivity contribution in [3.63, 3.8) is 0 Å². The third-order valence-corrected chi connectivity index (χ3v) is 5.81. The number of hydrogen-bond acceptors (Lipinski definition) is 5. The Morgan fingerprint density at radius 2 is 1.69 bits per heavy atom. The van der Waals surface area contributed by atoms with Gasteiger partial charge in [-0.3, -0.25) is 9.59 Å². The van der Waals surface area contributed by atoms with Crippen molar-refractivity contribution in [1.82, 2.24) is 9.80 Å². The zero-order valence-electron chi connectivity index (χ0n) is 20.8. The Morgan fingerprint density at radius 1 is 1.06 bits per heavy atom. The molecule has 2 aromatic rings. The first kappa shape index (κ1) is 27.3. The number of methoxy groups -OCH3 is 2. The molecule has 1 saturated heterocycles. The average molecular weight is 509 g/mol. The predicted molar refractivity (Wildman–Crippen MR) is 127 cm³/mol. The molecule has 2 aromatic carbocycles. The van der Waals surface area contributed by atoms with E-state index in [1.807, 2.05) is 13.8 Å². The molecule has 0 aliphatic carbocycles. The molecule has 36 heavy (non-hydrogen) atoms. The summed E-state index contributed by atoms with van der Waals surface area (Å²) >= 11 is 0. The SMILES string of the molecule is COc1ccc(C(=O)N2CCOC(CN(CC(C)C)C(=O)c3ccc(C(F)(F)F)cc3)C2)cc1OC. The Hall–Kier alpha value is -3.27. The van der Waals surface area contributed by atoms with E-state index >= 15 is 0 Å². The molecule has 1 aliphatic rings. The lowest BCUT2D eigenvalue weighted by Crippen LogP contribution is -2.51. The van der Waals surface area contributed by atoms with E-state index in [4.69, 9.17) is 14.2 Å². The van der Waals surface area contributed by atoms with Gasteiger partial charge in [0.1, 0.15) is 0 Å². The summed E-state index contributed by atoms with van der Waals surface area (Å²) in [7, 11) is 3.01. The van der Waals surface area contributed by atoms with Crippen LogP contribution in [0.25, 0.3) is 0 Å². The van der Waals surface area contributed by atoms with Gasteiger partial charge in [-0.2, -0.15) is 13.2 Å². The molecule has 0 aromatic heterocycles. The van der Waals surface area contributed by atoms with Crippen LogP contribution in [-0.4, -0.2) is 74.7 Å². The van der Waals surface area contributed by atoms with Crippen LogP contribution >= 0.6 is 0 Å². The van der Waals surface area contributed by atoms with Gasteiger partial charge in [-0.25, -0.2) is 0 Å². The first-order valence-corrected chi connectivity index (χ1v) is 11.6. The second kappa shape index (κ2) is 11.6. The zero-order valence-corrected chi connectivity index (χ0v) is 20.8. The summed E-state index contributed by atoms with van der Waals surface area (Å²) < 4.78 is 55.1. The molecule has 1 aliphatic heterocycles. The number of rotatable bonds is 8. The van der Waals surface area contributed by atoms with Gasteiger partial charge in [0.2, 0.25) is 0 Å². The summed E-state index contributed by atoms with van der Waals surface area (Å²) in [5, 5.41) is 0. The third kappa shape index (κ3) is 6.69. The van der Waals surface area contributed by atoms with E-state index in [2.05, 4.69) is 0 Å². The molecule has 1 atom stereocenters. The summed E-state index contributed by atoms with van der Waals surface area (Å²) in [4.78, 5) is 29.5. The number of nitrogens with zero attached hydrogens (tertiary/aromatic N) is 2. The summed E-state index contributed by atoms with van der Waals surface area (Å²) in [6.45, 7) is 5.44. The van der Waals surface area contributed by atoms with Gasteiger partial charge in [0.25, 0.3) is 11.8 Å². The van der Waals surface area contributed by atoms with Gasteiger partial charge < -0.3 is 24.0 Å². The molecule has 0 bridgehead atoms. The Kier molecular flexibility index (Phi) is 8.84. The Morgan fingerprint density at radius 3 is 2.28 bits per heavy atom. The highest BCUT2D eigenvalue weighted by Gasteiger charge is 2.32. The van der Waals surface area contributed by atoms with Gasteiger partial charge in [-0.15, -0.1) is 0 Å². The van der Waals surface area contributed by atoms with Crippen molar-refractivity contribution >= 4 is 11.8 Å². The highest BCUT2D eigenvalue weighted by Crippen LogP contribution is 2.30. The van der Waals surface area contributed by atoms with Crippen molar-refractivity contribution in [1.29, 1.82) is 0 Å². The fourth-order valence-electron chi connectivity index (χ4n) is 4.08. The fraction of sp³-hybridized carbons (Fsp3) is 0.462. The zero-order chi connectivity index (χ0) is 26.5. The second-order valence-electron chi connectivity index (χ2n) is 8.99. The molecule has 3 rings (SSSR count). The average Bonchev–Trinajstić information content (AvgIpc) is 2.86. The van der Waals surface area contributed by atoms with Crippen LogP contribution in [0.2, 0.25) is 0 Å². The Balaban J connectivity index is 1.72. The van der Waals surface area contributed by atoms with Crippen LogP contribution in [0.1, 0.15) is 40.1 Å². The van der Waals surface area contributed by atoms with Crippen LogP contribution in [0, 0.1) is 5.92 Å². The van der Waals surface area contributed by atoms with Crippen LogP contribution in [0.5, 0.6) is 11.5 Å². The first-order valence-electron chi connectivity index (χ1n) is 11.6. The number of ether oxygens (including phenoxy) is 3. The van der Waals surface area contributed by atoms with Crippen LogP contribution in [0.4, 0.5) is 13.2 Å². The van der Waals surface area contributed by atoms with E-state index in [0.29, 0.717) is 36.8 Å². The fourth-order valence-corrected chi connectivity index (χ4v) is 4.08. The maximum absolute atomic E-state index is 13.2. The lowest BCUT2D eigenvalue weighted by Gasteiger charge is -2.36. The summed E-state index contributed by atoms with van der Waals surface area (Å²) in [5.41, 5.74) is -0.208. The van der Waals surface area contributed by atoms with Crippen molar-refractivity contribution in [2.45, 2.75) is 26.1 Å². The minimum Gasteiger partial charge on any atom is -0.493 e. The number of benzene rings is 2. The number of carbonyl (C=O) groups is 2. The van der Waals surface area contributed by atoms with Crippen LogP contribution in [-0.2, 0) is 10.9 Å². The number of halogens is 3. The summed E-state index contributed by atoms with van der Waals surface area (Å²) in [5.74, 6) is 0.494. The molecular weight excluding hydrogens is 477 g/mol. The minimum absolute atomic E-state index is 0.122. The van der Waals surface area contributed by atoms with E-state index in [-0.39, 0.29) is 36.4 Å². The predicted octanol–water partition coefficient (Wildman–Crippen LogP) is 4.36. The maximum atomic E-state index is 13.2. The van der Waals surface area contributed by atoms with E-state index in [1.165, 1.54) is 26.4 Å². The van der Waals surface area contributed by atoms with Gasteiger partial charge in [-0.1, -0.05) is 13.8 Å². The first-order chi connectivity index (χ1) is 17.0. The molecule has 0 spiro atoms. The summed E-state index contributed by atoms with van der Waals surface area (Å²) in [6, 6.07) is 9.12. The smallest absolute Gasteiger partial charge is 0.416 e. The van der Waals surface area contributed by atoms with Crippen LogP contribution in [0.3, 0.4) is 0 Å². The van der Waals surface area contributed by atoms with Crippen molar-refractivity contribution in [2.75, 3.05) is 47.0 Å². The highest BCUT2D eigenvalue weighted by atomic mass is 19.4. The lowest BCUT2D eigenvalue weighted by atomic mass is 10.1. The number of alkyl halides is 3. The van der Waals surface area contributed by atoms with Crippen LogP contribution < -0.4 is 9.47 Å². The Labute approximate surface area is 208 Å². The normalized spacial score (nSPS) is 16.1. The molecule has 1 heterocycles. The molecule has 1 unspecified atom stereocenters. The number of hydrogen-bond donors (Lipinski definition) is 0. The number of carbonyl (C=O) groups excluding carboxylic acids is 2. The molecule has 0 saturated carbocycles. The largest absolute Gasteiger partial charge is 0.493 e. The van der Waals surface area contributed by atoms with Crippen molar-refractivity contribution in [3.05, 3.63) is 59.2 Å². The summed E-state index contributed by atoms with van der Waals surface area (Å²) in [6.07, 6.45) is -4.92. The topological polar surface area (TPSA) is 68.3 Å². The van der Waals surface area contributed by atoms with Crippen LogP contribution in [0.15, 0.2) is 42.5 Å². The van der Waals surface area contributed by atoms with E-state index in [1.54, 1.807) is 28.0 Å². The highest BCUT2D eigenvalue weighted by molar-refractivity contribution is 5.95. The van der Waals surface area contributed by atoms with Gasteiger partial charge in [0.05, 0.1) is 32.5 Å². The molecule has 2 amide bonds. The van der Waals surface area contributed by atoms with Gasteiger partial charge in [0.15, 0.2) is 11.5 Å². The monoisotopic (exact) mass is 508 g/mol. The molecule has 0 radical (unpaired) electrons. The maximum Gasteiger partial charge on any atom is 0.416 e. The van der Waals surface area contributed by atoms with E-state index < -0.39 is 17.8 Å². The van der Waals surface area contributed by atoms with Gasteiger partial charge >= 0.3 is 6.18 Å². The Bertz CT molecular complexity index is 1060. The number of amides is 2. The van der Waals surface area contributed by atoms with Crippen molar-refractivity contribution in [2.24, 2.45) is 5.92 Å². The van der Waals surface area contributed by atoms with E-state index in [9.17, 15) is 22.8 Å². The third-order valence-electron chi connectivity index (χ3n) is 5.81.